The van der Waals surface area contributed by atoms with E-state index in [4.69, 9.17) is 4.74 Å². The number of nitrogens with zero attached hydrogens (tertiary/aromatic N) is 3. The van der Waals surface area contributed by atoms with Gasteiger partial charge in [-0.05, 0) is 55.4 Å². The van der Waals surface area contributed by atoms with Crippen molar-refractivity contribution in [2.24, 2.45) is 5.92 Å². The molecule has 2 amide bonds. The fourth-order valence-electron chi connectivity index (χ4n) is 4.87. The molecule has 0 fully saturated rings. The van der Waals surface area contributed by atoms with Gasteiger partial charge in [-0.25, -0.2) is 4.98 Å². The SMILES string of the molecule is C[C@H]1CN([C@@H](C)CO)C(=O)c2cc(C3=CCCCC3)cnc2O[C@H]1CN(C)C(=O)Cc1ccccc1. The van der Waals surface area contributed by atoms with E-state index in [1.165, 1.54) is 12.0 Å². The molecular weight excluding hydrogens is 454 g/mol. The van der Waals surface area contributed by atoms with E-state index in [1.807, 2.05) is 50.2 Å². The maximum atomic E-state index is 13.6. The zero-order valence-electron chi connectivity index (χ0n) is 21.5. The molecule has 7 heteroatoms. The molecule has 2 aliphatic rings. The first-order valence-electron chi connectivity index (χ1n) is 12.9. The maximum Gasteiger partial charge on any atom is 0.259 e. The molecule has 0 saturated heterocycles. The number of hydrogen-bond donors (Lipinski definition) is 1. The molecule has 1 aromatic heterocycles. The molecule has 1 aliphatic carbocycles. The van der Waals surface area contributed by atoms with Gasteiger partial charge in [0.25, 0.3) is 5.91 Å². The van der Waals surface area contributed by atoms with E-state index >= 15 is 0 Å². The number of likely N-dealkylation sites (N-methyl/N-ethyl adjacent to an activating group) is 1. The number of allylic oxidation sites excluding steroid dienone is 2. The third-order valence-electron chi connectivity index (χ3n) is 7.26. The molecule has 1 aromatic carbocycles. The predicted molar refractivity (Wildman–Crippen MR) is 140 cm³/mol. The molecule has 192 valence electrons. The fraction of sp³-hybridized carbons (Fsp3) is 0.483. The van der Waals surface area contributed by atoms with Crippen LogP contribution in [-0.2, 0) is 11.2 Å². The Hall–Kier alpha value is -3.19. The summed E-state index contributed by atoms with van der Waals surface area (Å²) >= 11 is 0. The number of carbonyl (C=O) groups excluding carboxylic acids is 2. The summed E-state index contributed by atoms with van der Waals surface area (Å²) in [5.41, 5.74) is 3.53. The number of aliphatic hydroxyl groups is 1. The molecule has 0 radical (unpaired) electrons. The summed E-state index contributed by atoms with van der Waals surface area (Å²) in [6, 6.07) is 11.2. The minimum Gasteiger partial charge on any atom is -0.472 e. The van der Waals surface area contributed by atoms with Crippen molar-refractivity contribution >= 4 is 17.4 Å². The molecule has 4 rings (SSSR count). The second-order valence-electron chi connectivity index (χ2n) is 10.1. The van der Waals surface area contributed by atoms with Gasteiger partial charge in [-0.1, -0.05) is 43.3 Å². The molecule has 3 atom stereocenters. The molecular formula is C29H37N3O4. The van der Waals surface area contributed by atoms with Gasteiger partial charge in [-0.3, -0.25) is 9.59 Å². The maximum absolute atomic E-state index is 13.6. The van der Waals surface area contributed by atoms with Crippen molar-refractivity contribution in [1.82, 2.24) is 14.8 Å². The molecule has 0 bridgehead atoms. The summed E-state index contributed by atoms with van der Waals surface area (Å²) in [7, 11) is 1.78. The van der Waals surface area contributed by atoms with Crippen LogP contribution in [-0.4, -0.2) is 70.6 Å². The Balaban J connectivity index is 1.61. The topological polar surface area (TPSA) is 83.0 Å². The van der Waals surface area contributed by atoms with E-state index in [0.29, 0.717) is 25.1 Å². The number of amides is 2. The average molecular weight is 492 g/mol. The molecule has 0 spiro atoms. The minimum atomic E-state index is -0.359. The second kappa shape index (κ2) is 11.7. The van der Waals surface area contributed by atoms with Gasteiger partial charge in [-0.2, -0.15) is 0 Å². The zero-order valence-corrected chi connectivity index (χ0v) is 21.5. The second-order valence-corrected chi connectivity index (χ2v) is 10.1. The van der Waals surface area contributed by atoms with E-state index in [2.05, 4.69) is 11.1 Å². The number of hydrogen-bond acceptors (Lipinski definition) is 5. The Morgan fingerprint density at radius 2 is 2.06 bits per heavy atom. The van der Waals surface area contributed by atoms with Gasteiger partial charge in [0.15, 0.2) is 0 Å². The van der Waals surface area contributed by atoms with Crippen LogP contribution in [0.3, 0.4) is 0 Å². The lowest BCUT2D eigenvalue weighted by Gasteiger charge is -2.37. The highest BCUT2D eigenvalue weighted by molar-refractivity contribution is 5.97. The molecule has 36 heavy (non-hydrogen) atoms. The number of carbonyl (C=O) groups is 2. The Morgan fingerprint density at radius 1 is 1.28 bits per heavy atom. The monoisotopic (exact) mass is 491 g/mol. The van der Waals surface area contributed by atoms with E-state index in [1.54, 1.807) is 23.0 Å². The van der Waals surface area contributed by atoms with E-state index in [0.717, 1.165) is 30.4 Å². The van der Waals surface area contributed by atoms with Gasteiger partial charge in [0, 0.05) is 25.7 Å². The Labute approximate surface area is 213 Å². The number of aliphatic hydroxyl groups excluding tert-OH is 1. The third-order valence-corrected chi connectivity index (χ3v) is 7.26. The van der Waals surface area contributed by atoms with Crippen molar-refractivity contribution in [3.63, 3.8) is 0 Å². The van der Waals surface area contributed by atoms with Crippen molar-refractivity contribution in [2.45, 2.75) is 58.1 Å². The van der Waals surface area contributed by atoms with Crippen molar-refractivity contribution in [2.75, 3.05) is 26.7 Å². The highest BCUT2D eigenvalue weighted by Gasteiger charge is 2.35. The smallest absolute Gasteiger partial charge is 0.259 e. The van der Waals surface area contributed by atoms with E-state index < -0.39 is 0 Å². The van der Waals surface area contributed by atoms with Crippen molar-refractivity contribution in [3.8, 4) is 5.88 Å². The van der Waals surface area contributed by atoms with Gasteiger partial charge >= 0.3 is 0 Å². The van der Waals surface area contributed by atoms with Crippen LogP contribution in [0.15, 0.2) is 48.7 Å². The van der Waals surface area contributed by atoms with Crippen LogP contribution in [0.1, 0.15) is 61.0 Å². The quantitative estimate of drug-likeness (QED) is 0.634. The summed E-state index contributed by atoms with van der Waals surface area (Å²) in [5.74, 6) is 0.0287. The number of ether oxygens (including phenoxy) is 1. The van der Waals surface area contributed by atoms with Crippen molar-refractivity contribution in [1.29, 1.82) is 0 Å². The van der Waals surface area contributed by atoms with Gasteiger partial charge in [0.2, 0.25) is 11.8 Å². The zero-order chi connectivity index (χ0) is 25.7. The highest BCUT2D eigenvalue weighted by Crippen LogP contribution is 2.32. The van der Waals surface area contributed by atoms with Crippen LogP contribution in [0.4, 0.5) is 0 Å². The Morgan fingerprint density at radius 3 is 2.75 bits per heavy atom. The lowest BCUT2D eigenvalue weighted by Crippen LogP contribution is -2.50. The third kappa shape index (κ3) is 5.95. The normalized spacial score (nSPS) is 20.9. The standard InChI is InChI=1S/C29H37N3O4/c1-20-17-32(21(2)19-33)29(35)25-15-24(23-12-8-5-9-13-23)16-30-28(25)36-26(20)18-31(3)27(34)14-22-10-6-4-7-11-22/h4,6-7,10-12,15-16,20-21,26,33H,5,8-9,13-14,17-19H2,1-3H3/t20-,21-,26-/m0/s1. The molecule has 2 aromatic rings. The minimum absolute atomic E-state index is 0.00323. The molecule has 7 nitrogen and oxygen atoms in total. The van der Waals surface area contributed by atoms with Gasteiger partial charge < -0.3 is 19.6 Å². The molecule has 0 unspecified atom stereocenters. The molecule has 1 N–H and O–H groups in total. The van der Waals surface area contributed by atoms with Crippen LogP contribution in [0.5, 0.6) is 5.88 Å². The van der Waals surface area contributed by atoms with Crippen molar-refractivity contribution < 1.29 is 19.4 Å². The lowest BCUT2D eigenvalue weighted by atomic mass is 9.93. The van der Waals surface area contributed by atoms with Gasteiger partial charge in [0.1, 0.15) is 11.7 Å². The highest BCUT2D eigenvalue weighted by atomic mass is 16.5. The summed E-state index contributed by atoms with van der Waals surface area (Å²) < 4.78 is 6.36. The predicted octanol–water partition coefficient (Wildman–Crippen LogP) is 3.96. The number of fused-ring (bicyclic) bond motifs is 1. The average Bonchev–Trinajstić information content (AvgIpc) is 2.91. The Kier molecular flexibility index (Phi) is 8.41. The summed E-state index contributed by atoms with van der Waals surface area (Å²) in [6.07, 6.45) is 8.30. The van der Waals surface area contributed by atoms with E-state index in [9.17, 15) is 14.7 Å². The summed E-state index contributed by atoms with van der Waals surface area (Å²) in [4.78, 5) is 34.6. The Bertz CT molecular complexity index is 1100. The van der Waals surface area contributed by atoms with Crippen LogP contribution in [0, 0.1) is 5.92 Å². The van der Waals surface area contributed by atoms with Gasteiger partial charge in [0.05, 0.1) is 25.6 Å². The first-order chi connectivity index (χ1) is 17.4. The largest absolute Gasteiger partial charge is 0.472 e. The van der Waals surface area contributed by atoms with E-state index in [-0.39, 0.29) is 42.4 Å². The molecule has 1 aliphatic heterocycles. The first-order valence-corrected chi connectivity index (χ1v) is 12.9. The molecule has 0 saturated carbocycles. The van der Waals surface area contributed by atoms with Crippen molar-refractivity contribution in [3.05, 3.63) is 65.4 Å². The number of pyridine rings is 1. The lowest BCUT2D eigenvalue weighted by molar-refractivity contribution is -0.130. The van der Waals surface area contributed by atoms with Crippen LogP contribution in [0.25, 0.3) is 5.57 Å². The summed E-state index contributed by atoms with van der Waals surface area (Å²) in [5, 5.41) is 9.88. The first kappa shape index (κ1) is 25.9. The fourth-order valence-corrected chi connectivity index (χ4v) is 4.87. The van der Waals surface area contributed by atoms with Gasteiger partial charge in [-0.15, -0.1) is 0 Å². The number of aromatic nitrogens is 1. The van der Waals surface area contributed by atoms with Crippen LogP contribution in [0.2, 0.25) is 0 Å². The number of rotatable bonds is 7. The molecule has 2 heterocycles. The number of benzene rings is 1. The van der Waals surface area contributed by atoms with Crippen LogP contribution < -0.4 is 4.74 Å². The summed E-state index contributed by atoms with van der Waals surface area (Å²) in [6.45, 7) is 4.51. The van der Waals surface area contributed by atoms with Crippen LogP contribution >= 0.6 is 0 Å².